The van der Waals surface area contributed by atoms with E-state index in [0.717, 1.165) is 32.4 Å². The molecule has 3 aromatic carbocycles. The van der Waals surface area contributed by atoms with Crippen LogP contribution in [0.25, 0.3) is 22.1 Å². The molecule has 4 fully saturated rings. The standard InChI is InChI=1S/C50H61F3N10O6/c1-26(2)43(58-49(66)67)47(64)61-19-9-11-41(61)45-54-34-22-29(31(51)24-36(34)56-45)38-15-16-39(63(38)28-13-14-40(33(53)21-28)60-17-7-6-8-18-60)30-23-35-37(25-32(30)52)57-46(55-35)42-12-10-20-62(42)48(65)44(27(3)4)59-50(68)69-5/h13-14,21-27,38-39,41-44,58H,6-12,15-20H2,1-5H3,(H,54,56)(H,55,57)(H,59,68)(H,66,67)/t38-,39-,41+,42+,43+,44+/m1/s1. The highest BCUT2D eigenvalue weighted by Gasteiger charge is 2.42. The lowest BCUT2D eigenvalue weighted by atomic mass is 10.0. The molecule has 0 unspecified atom stereocenters. The van der Waals surface area contributed by atoms with Gasteiger partial charge in [-0.05, 0) is 112 Å². The van der Waals surface area contributed by atoms with Crippen LogP contribution in [-0.4, -0.2) is 104 Å². The second-order valence-electron chi connectivity index (χ2n) is 19.6. The molecule has 0 aliphatic carbocycles. The van der Waals surface area contributed by atoms with Crippen molar-refractivity contribution in [3.8, 4) is 0 Å². The molecule has 19 heteroatoms. The van der Waals surface area contributed by atoms with Crippen molar-refractivity contribution in [3.05, 3.63) is 82.7 Å². The van der Waals surface area contributed by atoms with Gasteiger partial charge in [-0.3, -0.25) is 9.59 Å². The summed E-state index contributed by atoms with van der Waals surface area (Å²) >= 11 is 0. The Morgan fingerprint density at radius 3 is 1.62 bits per heavy atom. The lowest BCUT2D eigenvalue weighted by molar-refractivity contribution is -0.136. The number of H-pyrrole nitrogens is 2. The van der Waals surface area contributed by atoms with Crippen molar-refractivity contribution in [2.75, 3.05) is 43.1 Å². The average Bonchev–Trinajstić information content (AvgIpc) is 4.18. The number of nitrogens with one attached hydrogen (secondary N) is 4. The Hall–Kier alpha value is -6.53. The van der Waals surface area contributed by atoms with Gasteiger partial charge in [-0.15, -0.1) is 0 Å². The van der Waals surface area contributed by atoms with E-state index in [0.29, 0.717) is 108 Å². The summed E-state index contributed by atoms with van der Waals surface area (Å²) in [5.74, 6) is -1.69. The van der Waals surface area contributed by atoms with Crippen LogP contribution in [0, 0.1) is 29.3 Å². The van der Waals surface area contributed by atoms with Crippen LogP contribution < -0.4 is 20.4 Å². The van der Waals surface area contributed by atoms with E-state index in [1.807, 2.05) is 29.7 Å². The minimum absolute atomic E-state index is 0.223. The number of halogens is 3. The predicted molar refractivity (Wildman–Crippen MR) is 253 cm³/mol. The number of fused-ring (bicyclic) bond motifs is 2. The van der Waals surface area contributed by atoms with Gasteiger partial charge >= 0.3 is 12.2 Å². The van der Waals surface area contributed by atoms with Gasteiger partial charge in [0.15, 0.2) is 0 Å². The van der Waals surface area contributed by atoms with Crippen LogP contribution in [0.3, 0.4) is 0 Å². The highest BCUT2D eigenvalue weighted by atomic mass is 19.1. The maximum Gasteiger partial charge on any atom is 0.407 e. The summed E-state index contributed by atoms with van der Waals surface area (Å²) in [4.78, 5) is 75.0. The maximum absolute atomic E-state index is 16.8. The molecular weight excluding hydrogens is 894 g/mol. The number of aromatic amines is 2. The summed E-state index contributed by atoms with van der Waals surface area (Å²) in [6.07, 6.45) is 4.33. The number of carbonyl (C=O) groups is 4. The largest absolute Gasteiger partial charge is 0.465 e. The zero-order valence-electron chi connectivity index (χ0n) is 39.7. The fraction of sp³-hybridized carbons (Fsp3) is 0.520. The second kappa shape index (κ2) is 19.5. The first-order chi connectivity index (χ1) is 33.1. The van der Waals surface area contributed by atoms with Crippen molar-refractivity contribution in [3.63, 3.8) is 0 Å². The molecule has 9 rings (SSSR count). The lowest BCUT2D eigenvalue weighted by Crippen LogP contribution is -2.51. The third-order valence-corrected chi connectivity index (χ3v) is 14.6. The highest BCUT2D eigenvalue weighted by molar-refractivity contribution is 5.87. The summed E-state index contributed by atoms with van der Waals surface area (Å²) < 4.78 is 54.7. The van der Waals surface area contributed by atoms with Gasteiger partial charge < -0.3 is 50.0 Å². The van der Waals surface area contributed by atoms with Gasteiger partial charge in [0.05, 0.1) is 59.0 Å². The molecule has 0 radical (unpaired) electrons. The number of hydrogen-bond acceptors (Lipinski definition) is 9. The third kappa shape index (κ3) is 9.23. The fourth-order valence-corrected chi connectivity index (χ4v) is 11.1. The van der Waals surface area contributed by atoms with Gasteiger partial charge in [0.1, 0.15) is 41.2 Å². The lowest BCUT2D eigenvalue weighted by Gasteiger charge is -2.35. The van der Waals surface area contributed by atoms with Gasteiger partial charge in [0, 0.05) is 43.0 Å². The number of hydrogen-bond donors (Lipinski definition) is 5. The van der Waals surface area contributed by atoms with E-state index in [4.69, 9.17) is 14.7 Å². The number of alkyl carbamates (subject to hydrolysis) is 1. The monoisotopic (exact) mass is 954 g/mol. The van der Waals surface area contributed by atoms with Crippen LogP contribution >= 0.6 is 0 Å². The average molecular weight is 955 g/mol. The zero-order valence-corrected chi connectivity index (χ0v) is 39.7. The number of amides is 4. The number of benzene rings is 3. The summed E-state index contributed by atoms with van der Waals surface area (Å²) in [7, 11) is 1.24. The minimum atomic E-state index is -1.29. The summed E-state index contributed by atoms with van der Waals surface area (Å²) in [5.41, 5.74) is 3.32. The first-order valence-electron chi connectivity index (χ1n) is 24.3. The SMILES string of the molecule is COC(=O)N[C@H](C(=O)N1CCC[C@H]1c1nc2cc([C@H]3CC[C@H](c4cc5nc([C@@H]6CCCN6C(=O)[C@@H](NC(=O)O)C(C)C)[nH]c5cc4F)N3c3ccc(N4CCCCC4)c(F)c3)c(F)cc2[nH]1)C(C)C. The molecule has 5 aromatic rings. The number of ether oxygens (including phenoxy) is 1. The number of likely N-dealkylation sites (tertiary alicyclic amines) is 2. The number of carboxylic acid groups (broad SMARTS) is 1. The van der Waals surface area contributed by atoms with E-state index in [2.05, 4.69) is 20.6 Å². The highest BCUT2D eigenvalue weighted by Crippen LogP contribution is 2.50. The first kappa shape index (κ1) is 47.5. The Morgan fingerprint density at radius 1 is 0.652 bits per heavy atom. The van der Waals surface area contributed by atoms with E-state index in [1.165, 1.54) is 25.3 Å². The number of rotatable bonds is 12. The van der Waals surface area contributed by atoms with E-state index < -0.39 is 65.9 Å². The van der Waals surface area contributed by atoms with Crippen molar-refractivity contribution in [1.82, 2.24) is 40.4 Å². The summed E-state index contributed by atoms with van der Waals surface area (Å²) in [6, 6.07) is 7.10. The zero-order chi connectivity index (χ0) is 48.8. The number of aromatic nitrogens is 4. The molecule has 69 heavy (non-hydrogen) atoms. The topological polar surface area (TPSA) is 192 Å². The van der Waals surface area contributed by atoms with Crippen LogP contribution in [0.4, 0.5) is 34.1 Å². The molecule has 0 spiro atoms. The first-order valence-corrected chi connectivity index (χ1v) is 24.3. The molecule has 4 amide bonds. The van der Waals surface area contributed by atoms with Crippen molar-refractivity contribution in [1.29, 1.82) is 0 Å². The van der Waals surface area contributed by atoms with Gasteiger partial charge in [0.2, 0.25) is 11.8 Å². The minimum Gasteiger partial charge on any atom is -0.465 e. The third-order valence-electron chi connectivity index (χ3n) is 14.6. The Balaban J connectivity index is 1.06. The van der Waals surface area contributed by atoms with Crippen molar-refractivity contribution < 1.29 is 42.2 Å². The molecule has 6 heterocycles. The van der Waals surface area contributed by atoms with E-state index in [-0.39, 0.29) is 23.7 Å². The Bertz CT molecular complexity index is 2760. The Kier molecular flexibility index (Phi) is 13.4. The number of carbonyl (C=O) groups excluding carboxylic acids is 3. The molecule has 16 nitrogen and oxygen atoms in total. The molecule has 4 aliphatic rings. The molecule has 5 N–H and O–H groups in total. The number of anilines is 2. The number of methoxy groups -OCH3 is 1. The Morgan fingerprint density at radius 2 is 1.16 bits per heavy atom. The second-order valence-corrected chi connectivity index (χ2v) is 19.6. The van der Waals surface area contributed by atoms with Crippen LogP contribution in [0.2, 0.25) is 0 Å². The van der Waals surface area contributed by atoms with Gasteiger partial charge in [-0.2, -0.15) is 0 Å². The van der Waals surface area contributed by atoms with Gasteiger partial charge in [-0.25, -0.2) is 32.7 Å². The predicted octanol–water partition coefficient (Wildman–Crippen LogP) is 8.93. The van der Waals surface area contributed by atoms with Crippen LogP contribution in [-0.2, 0) is 14.3 Å². The van der Waals surface area contributed by atoms with Crippen LogP contribution in [0.1, 0.15) is 132 Å². The molecule has 368 valence electrons. The van der Waals surface area contributed by atoms with E-state index in [9.17, 15) is 24.3 Å². The van der Waals surface area contributed by atoms with Crippen molar-refractivity contribution in [2.45, 2.75) is 122 Å². The van der Waals surface area contributed by atoms with Crippen LogP contribution in [0.5, 0.6) is 0 Å². The van der Waals surface area contributed by atoms with Gasteiger partial charge in [-0.1, -0.05) is 27.7 Å². The molecule has 0 bridgehead atoms. The Labute approximate surface area is 398 Å². The van der Waals surface area contributed by atoms with Crippen LogP contribution in [0.15, 0.2) is 42.5 Å². The number of nitrogens with zero attached hydrogens (tertiary/aromatic N) is 6. The molecule has 0 saturated carbocycles. The summed E-state index contributed by atoms with van der Waals surface area (Å²) in [6.45, 7) is 9.56. The quantitative estimate of drug-likeness (QED) is 0.0807. The van der Waals surface area contributed by atoms with E-state index in [1.54, 1.807) is 41.8 Å². The maximum atomic E-state index is 16.8. The van der Waals surface area contributed by atoms with Crippen molar-refractivity contribution >= 4 is 57.4 Å². The summed E-state index contributed by atoms with van der Waals surface area (Å²) in [5, 5.41) is 14.5. The van der Waals surface area contributed by atoms with Crippen molar-refractivity contribution in [2.24, 2.45) is 11.8 Å². The normalized spacial score (nSPS) is 21.8. The molecule has 4 aliphatic heterocycles. The number of imidazole rings is 2. The molecule has 4 saturated heterocycles. The fourth-order valence-electron chi connectivity index (χ4n) is 11.1. The molecule has 6 atom stereocenters. The van der Waals surface area contributed by atoms with Gasteiger partial charge in [0.25, 0.3) is 0 Å². The number of piperidine rings is 1. The smallest absolute Gasteiger partial charge is 0.407 e. The molecule has 2 aromatic heterocycles. The molecular formula is C50H61F3N10O6. The van der Waals surface area contributed by atoms with E-state index >= 15 is 13.2 Å².